The molecule has 0 saturated heterocycles. The van der Waals surface area contributed by atoms with E-state index < -0.39 is 10.3 Å². The number of benzene rings is 1. The SMILES string of the molecule is CC(=O)C1C=CC(Oc2ccccc2)=CC1(Cl)Cl. The Labute approximate surface area is 116 Å². The van der Waals surface area contributed by atoms with E-state index in [1.165, 1.54) is 6.92 Å². The van der Waals surface area contributed by atoms with Crippen LogP contribution in [0.3, 0.4) is 0 Å². The number of ether oxygens (including phenoxy) is 1. The fourth-order valence-corrected chi connectivity index (χ4v) is 2.41. The maximum Gasteiger partial charge on any atom is 0.153 e. The van der Waals surface area contributed by atoms with Crippen LogP contribution in [0.15, 0.2) is 54.3 Å². The molecule has 0 spiro atoms. The first-order valence-electron chi connectivity index (χ1n) is 5.51. The van der Waals surface area contributed by atoms with Crippen LogP contribution in [0.5, 0.6) is 5.75 Å². The maximum absolute atomic E-state index is 11.4. The lowest BCUT2D eigenvalue weighted by Gasteiger charge is -2.26. The van der Waals surface area contributed by atoms with E-state index in [1.54, 1.807) is 18.2 Å². The summed E-state index contributed by atoms with van der Waals surface area (Å²) in [6.45, 7) is 1.46. The van der Waals surface area contributed by atoms with E-state index in [2.05, 4.69) is 0 Å². The van der Waals surface area contributed by atoms with Crippen LogP contribution in [0.1, 0.15) is 6.92 Å². The van der Waals surface area contributed by atoms with Crippen molar-refractivity contribution in [1.82, 2.24) is 0 Å². The second kappa shape index (κ2) is 5.17. The van der Waals surface area contributed by atoms with Crippen LogP contribution in [-0.2, 0) is 4.79 Å². The van der Waals surface area contributed by atoms with Crippen LogP contribution in [-0.4, -0.2) is 10.1 Å². The quantitative estimate of drug-likeness (QED) is 0.786. The molecule has 4 heteroatoms. The highest BCUT2D eigenvalue weighted by Crippen LogP contribution is 2.38. The Balaban J connectivity index is 2.18. The Kier molecular flexibility index (Phi) is 3.79. The molecule has 0 bridgehead atoms. The lowest BCUT2D eigenvalue weighted by atomic mass is 9.95. The molecule has 1 aromatic rings. The van der Waals surface area contributed by atoms with Gasteiger partial charge in [0, 0.05) is 0 Å². The summed E-state index contributed by atoms with van der Waals surface area (Å²) in [6, 6.07) is 9.30. The van der Waals surface area contributed by atoms with Crippen molar-refractivity contribution in [1.29, 1.82) is 0 Å². The summed E-state index contributed by atoms with van der Waals surface area (Å²) in [6.07, 6.45) is 4.93. The number of hydrogen-bond acceptors (Lipinski definition) is 2. The molecule has 0 fully saturated rings. The number of halogens is 2. The molecule has 1 aliphatic carbocycles. The molecule has 0 N–H and O–H groups in total. The number of rotatable bonds is 3. The fourth-order valence-electron chi connectivity index (χ4n) is 1.74. The van der Waals surface area contributed by atoms with Gasteiger partial charge in [0.1, 0.15) is 17.3 Å². The first-order valence-corrected chi connectivity index (χ1v) is 6.27. The number of Topliss-reactive ketones (excluding diaryl/α,β-unsaturated/α-hetero) is 1. The van der Waals surface area contributed by atoms with E-state index in [0.29, 0.717) is 11.5 Å². The van der Waals surface area contributed by atoms with Crippen molar-refractivity contribution < 1.29 is 9.53 Å². The summed E-state index contributed by atoms with van der Waals surface area (Å²) in [5.74, 6) is 0.609. The summed E-state index contributed by atoms with van der Waals surface area (Å²) < 4.78 is 4.35. The van der Waals surface area contributed by atoms with Crippen LogP contribution in [0, 0.1) is 5.92 Å². The monoisotopic (exact) mass is 282 g/mol. The van der Waals surface area contributed by atoms with Crippen molar-refractivity contribution in [3.63, 3.8) is 0 Å². The lowest BCUT2D eigenvalue weighted by Crippen LogP contribution is -2.30. The summed E-state index contributed by atoms with van der Waals surface area (Å²) in [7, 11) is 0. The minimum atomic E-state index is -1.26. The lowest BCUT2D eigenvalue weighted by molar-refractivity contribution is -0.119. The number of para-hydroxylation sites is 1. The van der Waals surface area contributed by atoms with Crippen molar-refractivity contribution in [3.8, 4) is 5.75 Å². The largest absolute Gasteiger partial charge is 0.458 e. The molecule has 94 valence electrons. The second-order valence-corrected chi connectivity index (χ2v) is 5.53. The molecule has 1 atom stereocenters. The fraction of sp³-hybridized carbons (Fsp3) is 0.214. The molecular formula is C14H12Cl2O2. The third-order valence-electron chi connectivity index (χ3n) is 2.62. The Morgan fingerprint density at radius 3 is 2.50 bits per heavy atom. The van der Waals surface area contributed by atoms with E-state index in [0.717, 1.165) is 0 Å². The summed E-state index contributed by atoms with van der Waals surface area (Å²) >= 11 is 12.3. The van der Waals surface area contributed by atoms with Crippen molar-refractivity contribution in [2.45, 2.75) is 11.3 Å². The zero-order chi connectivity index (χ0) is 13.2. The minimum Gasteiger partial charge on any atom is -0.458 e. The molecule has 18 heavy (non-hydrogen) atoms. The van der Waals surface area contributed by atoms with Crippen LogP contribution in [0.25, 0.3) is 0 Å². The van der Waals surface area contributed by atoms with Gasteiger partial charge in [-0.15, -0.1) is 0 Å². The summed E-state index contributed by atoms with van der Waals surface area (Å²) in [5, 5.41) is 0. The Hall–Kier alpha value is -1.25. The van der Waals surface area contributed by atoms with Crippen LogP contribution >= 0.6 is 23.2 Å². The first-order chi connectivity index (χ1) is 8.49. The second-order valence-electron chi connectivity index (χ2n) is 4.08. The standard InChI is InChI=1S/C14H12Cl2O2/c1-10(17)13-8-7-12(9-14(13,15)16)18-11-5-3-2-4-6-11/h2-9,13H,1H3. The third-order valence-corrected chi connectivity index (χ3v) is 3.31. The van der Waals surface area contributed by atoms with E-state index in [9.17, 15) is 4.79 Å². The molecule has 1 aromatic carbocycles. The van der Waals surface area contributed by atoms with E-state index in [4.69, 9.17) is 27.9 Å². The highest BCUT2D eigenvalue weighted by Gasteiger charge is 2.37. The molecule has 0 amide bonds. The van der Waals surface area contributed by atoms with E-state index >= 15 is 0 Å². The van der Waals surface area contributed by atoms with Gasteiger partial charge < -0.3 is 4.74 Å². The topological polar surface area (TPSA) is 26.3 Å². The Morgan fingerprint density at radius 1 is 1.28 bits per heavy atom. The molecular weight excluding hydrogens is 271 g/mol. The molecule has 0 aliphatic heterocycles. The normalized spacial score (nSPS) is 21.3. The first kappa shape index (κ1) is 13.2. The highest BCUT2D eigenvalue weighted by molar-refractivity contribution is 6.51. The van der Waals surface area contributed by atoms with Gasteiger partial charge >= 0.3 is 0 Å². The number of alkyl halides is 2. The predicted molar refractivity (Wildman–Crippen MR) is 72.9 cm³/mol. The molecule has 0 aromatic heterocycles. The van der Waals surface area contributed by atoms with E-state index in [1.807, 2.05) is 30.3 Å². The van der Waals surface area contributed by atoms with Gasteiger partial charge in [-0.05, 0) is 31.2 Å². The van der Waals surface area contributed by atoms with Crippen LogP contribution in [0.2, 0.25) is 0 Å². The number of ketones is 1. The van der Waals surface area contributed by atoms with Crippen LogP contribution < -0.4 is 4.74 Å². The minimum absolute atomic E-state index is 0.0775. The molecule has 1 aliphatic rings. The van der Waals surface area contributed by atoms with Crippen molar-refractivity contribution in [2.75, 3.05) is 0 Å². The predicted octanol–water partition coefficient (Wildman–Crippen LogP) is 3.90. The van der Waals surface area contributed by atoms with Crippen molar-refractivity contribution >= 4 is 29.0 Å². The maximum atomic E-state index is 11.4. The Bertz CT molecular complexity index is 504. The van der Waals surface area contributed by atoms with Gasteiger partial charge in [-0.3, -0.25) is 4.79 Å². The van der Waals surface area contributed by atoms with Gasteiger partial charge in [-0.25, -0.2) is 0 Å². The van der Waals surface area contributed by atoms with Gasteiger partial charge in [-0.2, -0.15) is 0 Å². The van der Waals surface area contributed by atoms with Crippen molar-refractivity contribution in [2.24, 2.45) is 5.92 Å². The average molecular weight is 283 g/mol. The van der Waals surface area contributed by atoms with E-state index in [-0.39, 0.29) is 5.78 Å². The summed E-state index contributed by atoms with van der Waals surface area (Å²) in [5.41, 5.74) is 0. The molecule has 0 radical (unpaired) electrons. The zero-order valence-electron chi connectivity index (χ0n) is 9.77. The molecule has 2 nitrogen and oxygen atoms in total. The molecule has 2 rings (SSSR count). The summed E-state index contributed by atoms with van der Waals surface area (Å²) in [4.78, 5) is 11.4. The van der Waals surface area contributed by atoms with Gasteiger partial charge in [-0.1, -0.05) is 47.5 Å². The zero-order valence-corrected chi connectivity index (χ0v) is 11.3. The number of hydrogen-bond donors (Lipinski definition) is 0. The Morgan fingerprint density at radius 2 is 1.94 bits per heavy atom. The smallest absolute Gasteiger partial charge is 0.153 e. The van der Waals surface area contributed by atoms with Crippen molar-refractivity contribution in [3.05, 3.63) is 54.3 Å². The molecule has 0 heterocycles. The van der Waals surface area contributed by atoms with Crippen LogP contribution in [0.4, 0.5) is 0 Å². The number of carbonyl (C=O) groups is 1. The van der Waals surface area contributed by atoms with Gasteiger partial charge in [0.2, 0.25) is 0 Å². The third kappa shape index (κ3) is 2.95. The van der Waals surface area contributed by atoms with Gasteiger partial charge in [0.15, 0.2) is 4.33 Å². The number of allylic oxidation sites excluding steroid dienone is 3. The molecule has 0 saturated carbocycles. The highest BCUT2D eigenvalue weighted by atomic mass is 35.5. The molecule has 1 unspecified atom stereocenters. The van der Waals surface area contributed by atoms with Gasteiger partial charge in [0.25, 0.3) is 0 Å². The van der Waals surface area contributed by atoms with Gasteiger partial charge in [0.05, 0.1) is 5.92 Å². The number of carbonyl (C=O) groups excluding carboxylic acids is 1. The average Bonchev–Trinajstić information content (AvgIpc) is 2.28.